The van der Waals surface area contributed by atoms with Crippen molar-refractivity contribution < 1.29 is 9.53 Å². The average Bonchev–Trinajstić information content (AvgIpc) is 3.13. The molecule has 6 heteroatoms. The van der Waals surface area contributed by atoms with E-state index in [1.54, 1.807) is 6.20 Å². The van der Waals surface area contributed by atoms with E-state index in [4.69, 9.17) is 4.74 Å². The Morgan fingerprint density at radius 2 is 2.08 bits per heavy atom. The molecule has 2 aliphatic heterocycles. The molecule has 2 aromatic heterocycles. The number of nitrogens with one attached hydrogen (secondary N) is 1. The second-order valence-electron chi connectivity index (χ2n) is 7.24. The Morgan fingerprint density at radius 3 is 2.88 bits per heavy atom. The predicted octanol–water partition coefficient (Wildman–Crippen LogP) is 2.42. The molecule has 2 atom stereocenters. The smallest absolute Gasteiger partial charge is 0.268 e. The maximum Gasteiger partial charge on any atom is 0.268 e. The number of nitrogens with zero attached hydrogens (tertiary/aromatic N) is 3. The lowest BCUT2D eigenvalue weighted by molar-refractivity contribution is 0.0929. The van der Waals surface area contributed by atoms with E-state index in [2.05, 4.69) is 29.0 Å². The van der Waals surface area contributed by atoms with Gasteiger partial charge < -0.3 is 14.6 Å². The fraction of sp³-hybridized carbons (Fsp3) is 0.579. The van der Waals surface area contributed by atoms with E-state index in [1.165, 1.54) is 12.8 Å². The zero-order valence-corrected chi connectivity index (χ0v) is 15.0. The van der Waals surface area contributed by atoms with Crippen molar-refractivity contribution in [2.45, 2.75) is 51.7 Å². The van der Waals surface area contributed by atoms with Crippen LogP contribution in [0.4, 0.5) is 0 Å². The number of amides is 1. The van der Waals surface area contributed by atoms with E-state index < -0.39 is 0 Å². The molecular formula is C19H26N4O2. The number of fused-ring (bicyclic) bond motifs is 3. The molecule has 0 bridgehead atoms. The predicted molar refractivity (Wildman–Crippen MR) is 97.0 cm³/mol. The van der Waals surface area contributed by atoms with Crippen molar-refractivity contribution >= 4 is 16.9 Å². The molecule has 2 aliphatic rings. The maximum absolute atomic E-state index is 11.9. The van der Waals surface area contributed by atoms with Gasteiger partial charge in [-0.05, 0) is 45.2 Å². The minimum atomic E-state index is -0.0272. The van der Waals surface area contributed by atoms with Crippen LogP contribution in [0, 0.1) is 0 Å². The van der Waals surface area contributed by atoms with Gasteiger partial charge in [-0.25, -0.2) is 4.98 Å². The zero-order valence-electron chi connectivity index (χ0n) is 15.0. The molecule has 4 rings (SSSR count). The Balaban J connectivity index is 1.38. The second kappa shape index (κ2) is 6.67. The molecule has 0 unspecified atom stereocenters. The van der Waals surface area contributed by atoms with E-state index in [0.29, 0.717) is 30.9 Å². The quantitative estimate of drug-likeness (QED) is 0.848. The molecule has 1 N–H and O–H groups in total. The van der Waals surface area contributed by atoms with E-state index in [1.807, 2.05) is 16.7 Å². The van der Waals surface area contributed by atoms with Crippen molar-refractivity contribution in [1.29, 1.82) is 0 Å². The minimum Gasteiger partial charge on any atom is -0.492 e. The van der Waals surface area contributed by atoms with Gasteiger partial charge in [0, 0.05) is 37.1 Å². The summed E-state index contributed by atoms with van der Waals surface area (Å²) in [5.74, 6) is 0.749. The first kappa shape index (κ1) is 16.4. The van der Waals surface area contributed by atoms with E-state index in [0.717, 1.165) is 36.3 Å². The fourth-order valence-electron chi connectivity index (χ4n) is 4.12. The third kappa shape index (κ3) is 3.11. The van der Waals surface area contributed by atoms with Crippen molar-refractivity contribution in [2.75, 3.05) is 19.7 Å². The summed E-state index contributed by atoms with van der Waals surface area (Å²) in [6, 6.07) is 5.26. The van der Waals surface area contributed by atoms with Gasteiger partial charge in [-0.2, -0.15) is 0 Å². The summed E-state index contributed by atoms with van der Waals surface area (Å²) in [7, 11) is 0. The van der Waals surface area contributed by atoms with Gasteiger partial charge in [0.25, 0.3) is 5.91 Å². The molecule has 0 spiro atoms. The van der Waals surface area contributed by atoms with Gasteiger partial charge in [-0.1, -0.05) is 0 Å². The molecule has 2 aromatic rings. The van der Waals surface area contributed by atoms with E-state index in [-0.39, 0.29) is 5.91 Å². The van der Waals surface area contributed by atoms with Crippen LogP contribution in [0.3, 0.4) is 0 Å². The van der Waals surface area contributed by atoms with Crippen LogP contribution in [0.25, 0.3) is 11.0 Å². The van der Waals surface area contributed by atoms with Crippen molar-refractivity contribution in [3.8, 4) is 5.75 Å². The van der Waals surface area contributed by atoms with Crippen LogP contribution < -0.4 is 10.1 Å². The Morgan fingerprint density at radius 1 is 1.28 bits per heavy atom. The molecule has 6 nitrogen and oxygen atoms in total. The summed E-state index contributed by atoms with van der Waals surface area (Å²) in [5, 5.41) is 3.83. The first-order valence-corrected chi connectivity index (χ1v) is 9.29. The molecule has 25 heavy (non-hydrogen) atoms. The summed E-state index contributed by atoms with van der Waals surface area (Å²) in [4.78, 5) is 19.0. The van der Waals surface area contributed by atoms with E-state index >= 15 is 0 Å². The lowest BCUT2D eigenvalue weighted by Crippen LogP contribution is -2.34. The summed E-state index contributed by atoms with van der Waals surface area (Å²) in [6.07, 6.45) is 5.38. The van der Waals surface area contributed by atoms with Gasteiger partial charge in [0.05, 0.1) is 12.8 Å². The molecular weight excluding hydrogens is 316 g/mol. The number of rotatable bonds is 5. The Bertz CT molecular complexity index is 775. The van der Waals surface area contributed by atoms with Crippen molar-refractivity contribution in [3.63, 3.8) is 0 Å². The van der Waals surface area contributed by atoms with Gasteiger partial charge in [-0.3, -0.25) is 9.69 Å². The molecule has 1 fully saturated rings. The molecule has 134 valence electrons. The van der Waals surface area contributed by atoms with Crippen LogP contribution >= 0.6 is 0 Å². The summed E-state index contributed by atoms with van der Waals surface area (Å²) in [6.45, 7) is 7.82. The monoisotopic (exact) mass is 342 g/mol. The van der Waals surface area contributed by atoms with Gasteiger partial charge >= 0.3 is 0 Å². The molecule has 1 saturated heterocycles. The van der Waals surface area contributed by atoms with Crippen LogP contribution in [0.15, 0.2) is 18.3 Å². The number of carbonyl (C=O) groups is 1. The minimum absolute atomic E-state index is 0.0272. The number of pyridine rings is 1. The largest absolute Gasteiger partial charge is 0.492 e. The Hall–Kier alpha value is -2.08. The highest BCUT2D eigenvalue weighted by atomic mass is 16.5. The van der Waals surface area contributed by atoms with Crippen LogP contribution in [-0.2, 0) is 6.54 Å². The van der Waals surface area contributed by atoms with Crippen LogP contribution in [0.2, 0.25) is 0 Å². The Labute approximate surface area is 148 Å². The summed E-state index contributed by atoms with van der Waals surface area (Å²) in [5.41, 5.74) is 1.54. The highest BCUT2D eigenvalue weighted by Crippen LogP contribution is 2.25. The molecule has 0 aliphatic carbocycles. The normalized spacial score (nSPS) is 23.7. The van der Waals surface area contributed by atoms with Crippen molar-refractivity contribution in [3.05, 3.63) is 24.0 Å². The van der Waals surface area contributed by atoms with Gasteiger partial charge in [0.2, 0.25) is 0 Å². The number of hydrogen-bond donors (Lipinski definition) is 1. The number of aromatic nitrogens is 2. The summed E-state index contributed by atoms with van der Waals surface area (Å²) < 4.78 is 7.88. The third-order valence-corrected chi connectivity index (χ3v) is 5.53. The highest BCUT2D eigenvalue weighted by Gasteiger charge is 2.26. The number of hydrogen-bond acceptors (Lipinski definition) is 4. The van der Waals surface area contributed by atoms with Gasteiger partial charge in [-0.15, -0.1) is 0 Å². The zero-order chi connectivity index (χ0) is 17.4. The first-order valence-electron chi connectivity index (χ1n) is 9.29. The van der Waals surface area contributed by atoms with Crippen LogP contribution in [0.5, 0.6) is 5.75 Å². The molecule has 1 amide bonds. The highest BCUT2D eigenvalue weighted by molar-refractivity contribution is 5.98. The standard InChI is InChI=1S/C19H26N4O2/c1-13-4-5-14(2)22(13)7-3-9-25-16-10-15-11-17-19(24)20-6-8-23(17)18(15)21-12-16/h10-14H,3-9H2,1-2H3,(H,20,24)/t13-,14-/m1/s1. The maximum atomic E-state index is 11.9. The van der Waals surface area contributed by atoms with E-state index in [9.17, 15) is 4.79 Å². The lowest BCUT2D eigenvalue weighted by atomic mass is 10.2. The SMILES string of the molecule is C[C@@H]1CC[C@@H](C)N1CCCOc1cnc2c(c1)cc1n2CCNC1=O. The third-order valence-electron chi connectivity index (χ3n) is 5.53. The lowest BCUT2D eigenvalue weighted by Gasteiger charge is -2.25. The molecule has 0 saturated carbocycles. The first-order chi connectivity index (χ1) is 12.1. The number of ether oxygens (including phenoxy) is 1. The van der Waals surface area contributed by atoms with Gasteiger partial charge in [0.1, 0.15) is 17.1 Å². The van der Waals surface area contributed by atoms with Gasteiger partial charge in [0.15, 0.2) is 0 Å². The fourth-order valence-corrected chi connectivity index (χ4v) is 4.12. The molecule has 4 heterocycles. The molecule has 0 aromatic carbocycles. The second-order valence-corrected chi connectivity index (χ2v) is 7.24. The van der Waals surface area contributed by atoms with Crippen molar-refractivity contribution in [2.24, 2.45) is 0 Å². The van der Waals surface area contributed by atoms with Crippen LogP contribution in [-0.4, -0.2) is 52.1 Å². The topological polar surface area (TPSA) is 59.4 Å². The number of carbonyl (C=O) groups excluding carboxylic acids is 1. The van der Waals surface area contributed by atoms with Crippen LogP contribution in [0.1, 0.15) is 43.6 Å². The molecule has 0 radical (unpaired) electrons. The number of likely N-dealkylation sites (tertiary alicyclic amines) is 1. The van der Waals surface area contributed by atoms with Crippen molar-refractivity contribution in [1.82, 2.24) is 19.8 Å². The Kier molecular flexibility index (Phi) is 4.37. The average molecular weight is 342 g/mol. The summed E-state index contributed by atoms with van der Waals surface area (Å²) >= 11 is 0.